The summed E-state index contributed by atoms with van der Waals surface area (Å²) in [5.74, 6) is 0. The molecule has 0 fully saturated rings. The summed E-state index contributed by atoms with van der Waals surface area (Å²) < 4.78 is 0. The van der Waals surface area contributed by atoms with Crippen molar-refractivity contribution in [2.45, 2.75) is 48.0 Å². The minimum Gasteiger partial charge on any atom is -0.0808 e. The van der Waals surface area contributed by atoms with Crippen molar-refractivity contribution >= 4 is 0 Å². The molecular formula is C15H28. The van der Waals surface area contributed by atoms with Gasteiger partial charge in [-0.15, -0.1) is 0 Å². The molecule has 2 rings (SSSR count). The van der Waals surface area contributed by atoms with Crippen LogP contribution in [-0.2, 0) is 0 Å². The molecule has 0 spiro atoms. The van der Waals surface area contributed by atoms with Crippen LogP contribution < -0.4 is 0 Å². The van der Waals surface area contributed by atoms with Crippen LogP contribution >= 0.6 is 0 Å². The molecule has 0 amide bonds. The first-order valence-electron chi connectivity index (χ1n) is 5.63. The fourth-order valence-electron chi connectivity index (χ4n) is 0.786. The maximum atomic E-state index is 2.12. The third-order valence-electron chi connectivity index (χ3n) is 1.31. The molecule has 0 N–H and O–H groups in total. The highest BCUT2D eigenvalue weighted by atomic mass is 13.8. The molecule has 0 heteroatoms. The SMILES string of the molecule is C.C1=CCC=C1.C1=CCC=C1.CC.CC. The molecule has 0 aromatic carbocycles. The molecule has 88 valence electrons. The van der Waals surface area contributed by atoms with Crippen LogP contribution in [0.3, 0.4) is 0 Å². The zero-order valence-corrected chi connectivity index (χ0v) is 10.0. The van der Waals surface area contributed by atoms with E-state index in [1.54, 1.807) is 0 Å². The maximum absolute atomic E-state index is 2.12. The van der Waals surface area contributed by atoms with Gasteiger partial charge in [-0.3, -0.25) is 0 Å². The van der Waals surface area contributed by atoms with E-state index in [0.29, 0.717) is 0 Å². The van der Waals surface area contributed by atoms with Crippen molar-refractivity contribution in [2.24, 2.45) is 0 Å². The van der Waals surface area contributed by atoms with Crippen molar-refractivity contribution in [2.75, 3.05) is 0 Å². The first-order chi connectivity index (χ1) is 7.00. The molecule has 0 aromatic heterocycles. The summed E-state index contributed by atoms with van der Waals surface area (Å²) in [6, 6.07) is 0. The Bertz CT molecular complexity index is 138. The van der Waals surface area contributed by atoms with Crippen LogP contribution in [0.15, 0.2) is 48.6 Å². The molecule has 0 atom stereocenters. The van der Waals surface area contributed by atoms with Crippen LogP contribution in [0.4, 0.5) is 0 Å². The largest absolute Gasteiger partial charge is 0.0808 e. The lowest BCUT2D eigenvalue weighted by Crippen LogP contribution is -1.37. The zero-order chi connectivity index (χ0) is 11.1. The van der Waals surface area contributed by atoms with Gasteiger partial charge in [0, 0.05) is 0 Å². The fourth-order valence-corrected chi connectivity index (χ4v) is 0.786. The normalized spacial score (nSPS) is 12.5. The van der Waals surface area contributed by atoms with Gasteiger partial charge in [-0.25, -0.2) is 0 Å². The summed E-state index contributed by atoms with van der Waals surface area (Å²) >= 11 is 0. The van der Waals surface area contributed by atoms with Crippen LogP contribution in [0.25, 0.3) is 0 Å². The Morgan fingerprint density at radius 3 is 0.800 bits per heavy atom. The highest BCUT2D eigenvalue weighted by molar-refractivity contribution is 5.12. The minimum atomic E-state index is 0. The van der Waals surface area contributed by atoms with E-state index in [4.69, 9.17) is 0 Å². The van der Waals surface area contributed by atoms with Gasteiger partial charge >= 0.3 is 0 Å². The molecule has 0 radical (unpaired) electrons. The molecule has 0 heterocycles. The number of hydrogen-bond acceptors (Lipinski definition) is 0. The molecule has 15 heavy (non-hydrogen) atoms. The lowest BCUT2D eigenvalue weighted by Gasteiger charge is -1.57. The van der Waals surface area contributed by atoms with Crippen LogP contribution in [-0.4, -0.2) is 0 Å². The van der Waals surface area contributed by atoms with Crippen molar-refractivity contribution < 1.29 is 0 Å². The smallest absolute Gasteiger partial charge is 0.0163 e. The highest BCUT2D eigenvalue weighted by Gasteiger charge is 1.72. The highest BCUT2D eigenvalue weighted by Crippen LogP contribution is 1.93. The van der Waals surface area contributed by atoms with E-state index >= 15 is 0 Å². The topological polar surface area (TPSA) is 0 Å². The summed E-state index contributed by atoms with van der Waals surface area (Å²) in [5, 5.41) is 0. The van der Waals surface area contributed by atoms with E-state index in [1.165, 1.54) is 0 Å². The van der Waals surface area contributed by atoms with Crippen molar-refractivity contribution in [1.82, 2.24) is 0 Å². The zero-order valence-electron chi connectivity index (χ0n) is 10.0. The summed E-state index contributed by atoms with van der Waals surface area (Å²) in [6.45, 7) is 8.00. The molecule has 0 saturated heterocycles. The number of hydrogen-bond donors (Lipinski definition) is 0. The fraction of sp³-hybridized carbons (Fsp3) is 0.467. The van der Waals surface area contributed by atoms with Crippen LogP contribution in [0.1, 0.15) is 48.0 Å². The monoisotopic (exact) mass is 208 g/mol. The van der Waals surface area contributed by atoms with Crippen LogP contribution in [0.5, 0.6) is 0 Å². The van der Waals surface area contributed by atoms with Gasteiger partial charge in [-0.1, -0.05) is 83.7 Å². The Kier molecular flexibility index (Phi) is 30.0. The van der Waals surface area contributed by atoms with E-state index in [2.05, 4.69) is 48.6 Å². The predicted octanol–water partition coefficient (Wildman–Crippen LogP) is 5.69. The first-order valence-corrected chi connectivity index (χ1v) is 5.63. The Morgan fingerprint density at radius 2 is 0.733 bits per heavy atom. The first kappa shape index (κ1) is 19.5. The Hall–Kier alpha value is -1.04. The number of rotatable bonds is 0. The van der Waals surface area contributed by atoms with E-state index in [1.807, 2.05) is 27.7 Å². The Morgan fingerprint density at radius 1 is 0.533 bits per heavy atom. The van der Waals surface area contributed by atoms with Gasteiger partial charge in [0.05, 0.1) is 0 Å². The quantitative estimate of drug-likeness (QED) is 0.479. The average molecular weight is 208 g/mol. The van der Waals surface area contributed by atoms with E-state index < -0.39 is 0 Å². The molecule has 0 unspecified atom stereocenters. The van der Waals surface area contributed by atoms with Gasteiger partial charge in [0.15, 0.2) is 0 Å². The third-order valence-corrected chi connectivity index (χ3v) is 1.31. The van der Waals surface area contributed by atoms with Gasteiger partial charge in [0.2, 0.25) is 0 Å². The standard InChI is InChI=1S/2C5H6.2C2H6.CH4/c2*1-2-4-5-3-1;2*1-2;/h2*1-4H,5H2;2*1-2H3;1H4. The van der Waals surface area contributed by atoms with E-state index in [-0.39, 0.29) is 7.43 Å². The molecule has 0 saturated carbocycles. The lowest BCUT2D eigenvalue weighted by atomic mass is 10.5. The van der Waals surface area contributed by atoms with Crippen molar-refractivity contribution in [3.63, 3.8) is 0 Å². The van der Waals surface area contributed by atoms with Gasteiger partial charge in [0.1, 0.15) is 0 Å². The molecule has 2 aliphatic rings. The molecule has 2 aliphatic carbocycles. The molecule has 0 bridgehead atoms. The molecule has 0 nitrogen and oxygen atoms in total. The van der Waals surface area contributed by atoms with Gasteiger partial charge in [-0.2, -0.15) is 0 Å². The average Bonchev–Trinajstić information content (AvgIpc) is 3.01. The van der Waals surface area contributed by atoms with Crippen LogP contribution in [0.2, 0.25) is 0 Å². The summed E-state index contributed by atoms with van der Waals surface area (Å²) in [6.07, 6.45) is 19.0. The summed E-state index contributed by atoms with van der Waals surface area (Å²) in [4.78, 5) is 0. The maximum Gasteiger partial charge on any atom is -0.0163 e. The second-order valence-electron chi connectivity index (χ2n) is 2.18. The number of allylic oxidation sites excluding steroid dienone is 8. The van der Waals surface area contributed by atoms with E-state index in [9.17, 15) is 0 Å². The second kappa shape index (κ2) is 23.1. The van der Waals surface area contributed by atoms with Gasteiger partial charge < -0.3 is 0 Å². The minimum absolute atomic E-state index is 0. The predicted molar refractivity (Wildman–Crippen MR) is 75.2 cm³/mol. The van der Waals surface area contributed by atoms with Gasteiger partial charge in [0.25, 0.3) is 0 Å². The molecule has 0 aliphatic heterocycles. The van der Waals surface area contributed by atoms with E-state index in [0.717, 1.165) is 12.8 Å². The lowest BCUT2D eigenvalue weighted by molar-refractivity contribution is 1.45. The summed E-state index contributed by atoms with van der Waals surface area (Å²) in [5.41, 5.74) is 0. The third kappa shape index (κ3) is 19.4. The van der Waals surface area contributed by atoms with Gasteiger partial charge in [-0.05, 0) is 12.8 Å². The molecule has 0 aromatic rings. The second-order valence-corrected chi connectivity index (χ2v) is 2.18. The van der Waals surface area contributed by atoms with Crippen molar-refractivity contribution in [1.29, 1.82) is 0 Å². The summed E-state index contributed by atoms with van der Waals surface area (Å²) in [7, 11) is 0. The Labute approximate surface area is 97.1 Å². The molecular weight excluding hydrogens is 180 g/mol. The van der Waals surface area contributed by atoms with Crippen LogP contribution in [0, 0.1) is 0 Å². The Balaban J connectivity index is -0.000000138. The van der Waals surface area contributed by atoms with Crippen molar-refractivity contribution in [3.05, 3.63) is 48.6 Å². The van der Waals surface area contributed by atoms with Crippen molar-refractivity contribution in [3.8, 4) is 0 Å².